The van der Waals surface area contributed by atoms with Gasteiger partial charge in [-0.15, -0.1) is 11.3 Å². The first kappa shape index (κ1) is 16.5. The van der Waals surface area contributed by atoms with E-state index < -0.39 is 0 Å². The molecule has 0 saturated carbocycles. The third kappa shape index (κ3) is 4.84. The van der Waals surface area contributed by atoms with Crippen molar-refractivity contribution < 1.29 is 0 Å². The minimum atomic E-state index is 0.374. The second-order valence-electron chi connectivity index (χ2n) is 5.56. The Balaban J connectivity index is 1.88. The molecule has 22 heavy (non-hydrogen) atoms. The van der Waals surface area contributed by atoms with Crippen LogP contribution in [0.5, 0.6) is 0 Å². The molecule has 0 spiro atoms. The highest BCUT2D eigenvalue weighted by molar-refractivity contribution is 7.13. The first-order chi connectivity index (χ1) is 10.6. The van der Waals surface area contributed by atoms with Crippen molar-refractivity contribution in [1.82, 2.24) is 15.6 Å². The lowest BCUT2D eigenvalue weighted by atomic mass is 10.2. The van der Waals surface area contributed by atoms with Gasteiger partial charge in [0.05, 0.1) is 5.69 Å². The molecular formula is C17H24N4S. The van der Waals surface area contributed by atoms with Gasteiger partial charge in [-0.1, -0.05) is 29.8 Å². The Hall–Kier alpha value is -1.88. The van der Waals surface area contributed by atoms with Gasteiger partial charge in [0, 0.05) is 37.0 Å². The van der Waals surface area contributed by atoms with Gasteiger partial charge in [0.15, 0.2) is 5.96 Å². The number of benzene rings is 1. The minimum Gasteiger partial charge on any atom is -0.356 e. The molecule has 5 heteroatoms. The summed E-state index contributed by atoms with van der Waals surface area (Å²) in [5.41, 5.74) is 3.58. The van der Waals surface area contributed by atoms with Crippen LogP contribution in [-0.2, 0) is 6.42 Å². The maximum atomic E-state index is 4.71. The molecule has 1 aromatic heterocycles. The van der Waals surface area contributed by atoms with Crippen LogP contribution < -0.4 is 10.6 Å². The molecule has 4 nitrogen and oxygen atoms in total. The van der Waals surface area contributed by atoms with Crippen LogP contribution >= 0.6 is 11.3 Å². The van der Waals surface area contributed by atoms with Crippen LogP contribution in [0.1, 0.15) is 25.1 Å². The lowest BCUT2D eigenvalue weighted by Gasteiger charge is -2.13. The van der Waals surface area contributed by atoms with Gasteiger partial charge in [-0.3, -0.25) is 4.99 Å². The summed E-state index contributed by atoms with van der Waals surface area (Å²) < 4.78 is 0. The molecule has 2 rings (SSSR count). The Morgan fingerprint density at radius 2 is 2.00 bits per heavy atom. The quantitative estimate of drug-likeness (QED) is 0.658. The van der Waals surface area contributed by atoms with E-state index in [0.29, 0.717) is 6.04 Å². The van der Waals surface area contributed by atoms with Crippen molar-refractivity contribution in [3.63, 3.8) is 0 Å². The number of hydrogen-bond donors (Lipinski definition) is 2. The first-order valence-corrected chi connectivity index (χ1v) is 8.45. The second kappa shape index (κ2) is 7.94. The number of thiazole rings is 1. The van der Waals surface area contributed by atoms with E-state index in [1.54, 1.807) is 18.4 Å². The molecule has 0 aliphatic rings. The van der Waals surface area contributed by atoms with Crippen molar-refractivity contribution in [2.45, 2.75) is 33.2 Å². The SMILES string of the molecule is CN=C(NCCc1csc(-c2ccc(C)cc2)n1)NC(C)C. The van der Waals surface area contributed by atoms with Crippen molar-refractivity contribution in [1.29, 1.82) is 0 Å². The van der Waals surface area contributed by atoms with Crippen molar-refractivity contribution in [3.05, 3.63) is 40.9 Å². The predicted octanol–water partition coefficient (Wildman–Crippen LogP) is 3.23. The number of nitrogens with zero attached hydrogens (tertiary/aromatic N) is 2. The van der Waals surface area contributed by atoms with E-state index in [2.05, 4.69) is 66.0 Å². The zero-order valence-electron chi connectivity index (χ0n) is 13.7. The highest BCUT2D eigenvalue weighted by Gasteiger charge is 2.05. The Morgan fingerprint density at radius 3 is 2.64 bits per heavy atom. The summed E-state index contributed by atoms with van der Waals surface area (Å²) in [6.45, 7) is 7.12. The molecule has 0 aliphatic carbocycles. The Kier molecular flexibility index (Phi) is 5.95. The van der Waals surface area contributed by atoms with E-state index in [1.807, 2.05) is 0 Å². The van der Waals surface area contributed by atoms with Crippen molar-refractivity contribution >= 4 is 17.3 Å². The van der Waals surface area contributed by atoms with Gasteiger partial charge < -0.3 is 10.6 Å². The van der Waals surface area contributed by atoms with Gasteiger partial charge in [0.25, 0.3) is 0 Å². The molecule has 0 radical (unpaired) electrons. The fourth-order valence-electron chi connectivity index (χ4n) is 2.03. The number of aryl methyl sites for hydroxylation is 1. The number of guanidine groups is 1. The molecule has 1 heterocycles. The van der Waals surface area contributed by atoms with E-state index in [1.165, 1.54) is 11.1 Å². The van der Waals surface area contributed by atoms with E-state index in [0.717, 1.165) is 29.6 Å². The summed E-state index contributed by atoms with van der Waals surface area (Å²) in [6, 6.07) is 8.88. The molecule has 0 bridgehead atoms. The van der Waals surface area contributed by atoms with Gasteiger partial charge in [-0.05, 0) is 20.8 Å². The highest BCUT2D eigenvalue weighted by atomic mass is 32.1. The van der Waals surface area contributed by atoms with Gasteiger partial charge in [-0.25, -0.2) is 4.98 Å². The zero-order valence-corrected chi connectivity index (χ0v) is 14.5. The second-order valence-corrected chi connectivity index (χ2v) is 6.42. The fourth-order valence-corrected chi connectivity index (χ4v) is 2.89. The van der Waals surface area contributed by atoms with Gasteiger partial charge in [-0.2, -0.15) is 0 Å². The first-order valence-electron chi connectivity index (χ1n) is 7.57. The Labute approximate surface area is 136 Å². The van der Waals surface area contributed by atoms with Crippen LogP contribution in [0.4, 0.5) is 0 Å². The molecule has 2 N–H and O–H groups in total. The van der Waals surface area contributed by atoms with E-state index in [9.17, 15) is 0 Å². The molecule has 0 saturated heterocycles. The lowest BCUT2D eigenvalue weighted by molar-refractivity contribution is 0.696. The molecule has 0 fully saturated rings. The fraction of sp³-hybridized carbons (Fsp3) is 0.412. The van der Waals surface area contributed by atoms with Gasteiger partial charge in [0.1, 0.15) is 5.01 Å². The normalized spacial score (nSPS) is 11.8. The molecule has 0 unspecified atom stereocenters. The Morgan fingerprint density at radius 1 is 1.27 bits per heavy atom. The maximum absolute atomic E-state index is 4.71. The molecule has 1 aromatic carbocycles. The summed E-state index contributed by atoms with van der Waals surface area (Å²) >= 11 is 1.70. The minimum absolute atomic E-state index is 0.374. The summed E-state index contributed by atoms with van der Waals surface area (Å²) in [5, 5.41) is 9.80. The van der Waals surface area contributed by atoms with E-state index >= 15 is 0 Å². The molecule has 118 valence electrons. The summed E-state index contributed by atoms with van der Waals surface area (Å²) in [7, 11) is 1.79. The van der Waals surface area contributed by atoms with Crippen LogP contribution in [0.15, 0.2) is 34.6 Å². The summed E-state index contributed by atoms with van der Waals surface area (Å²) in [6.07, 6.45) is 0.890. The average molecular weight is 316 g/mol. The number of nitrogens with one attached hydrogen (secondary N) is 2. The zero-order chi connectivity index (χ0) is 15.9. The third-order valence-electron chi connectivity index (χ3n) is 3.17. The largest absolute Gasteiger partial charge is 0.356 e. The monoisotopic (exact) mass is 316 g/mol. The maximum Gasteiger partial charge on any atom is 0.191 e. The van der Waals surface area contributed by atoms with Crippen molar-refractivity contribution in [2.75, 3.05) is 13.6 Å². The molecule has 0 aliphatic heterocycles. The smallest absolute Gasteiger partial charge is 0.191 e. The molecule has 0 atom stereocenters. The Bertz CT molecular complexity index is 614. The topological polar surface area (TPSA) is 49.3 Å². The lowest BCUT2D eigenvalue weighted by Crippen LogP contribution is -2.41. The molecule has 0 amide bonds. The average Bonchev–Trinajstić information content (AvgIpc) is 2.95. The molecular weight excluding hydrogens is 292 g/mol. The van der Waals surface area contributed by atoms with Crippen LogP contribution in [0, 0.1) is 6.92 Å². The number of rotatable bonds is 5. The van der Waals surface area contributed by atoms with E-state index in [-0.39, 0.29) is 0 Å². The van der Waals surface area contributed by atoms with E-state index in [4.69, 9.17) is 4.98 Å². The summed E-state index contributed by atoms with van der Waals surface area (Å²) in [5.74, 6) is 0.837. The highest BCUT2D eigenvalue weighted by Crippen LogP contribution is 2.23. The number of aromatic nitrogens is 1. The predicted molar refractivity (Wildman–Crippen MR) is 95.6 cm³/mol. The van der Waals surface area contributed by atoms with Crippen molar-refractivity contribution in [2.24, 2.45) is 4.99 Å². The van der Waals surface area contributed by atoms with Crippen molar-refractivity contribution in [3.8, 4) is 10.6 Å². The van der Waals surface area contributed by atoms with Crippen LogP contribution in [0.2, 0.25) is 0 Å². The van der Waals surface area contributed by atoms with Gasteiger partial charge >= 0.3 is 0 Å². The van der Waals surface area contributed by atoms with Crippen LogP contribution in [0.3, 0.4) is 0 Å². The number of aliphatic imine (C=N–C) groups is 1. The molecule has 2 aromatic rings. The summed E-state index contributed by atoms with van der Waals surface area (Å²) in [4.78, 5) is 8.91. The van der Waals surface area contributed by atoms with Crippen LogP contribution in [-0.4, -0.2) is 30.6 Å². The standard InChI is InChI=1S/C17H24N4S/c1-12(2)20-17(18-4)19-10-9-15-11-22-16(21-15)14-7-5-13(3)6-8-14/h5-8,11-12H,9-10H2,1-4H3,(H2,18,19,20). The van der Waals surface area contributed by atoms with Crippen LogP contribution in [0.25, 0.3) is 10.6 Å². The third-order valence-corrected chi connectivity index (χ3v) is 4.11. The number of hydrogen-bond acceptors (Lipinski definition) is 3. The van der Waals surface area contributed by atoms with Gasteiger partial charge in [0.2, 0.25) is 0 Å².